The summed E-state index contributed by atoms with van der Waals surface area (Å²) in [5, 5.41) is 3.08. The van der Waals surface area contributed by atoms with Crippen LogP contribution in [0.25, 0.3) is 0 Å². The van der Waals surface area contributed by atoms with Gasteiger partial charge in [-0.1, -0.05) is 25.4 Å². The van der Waals surface area contributed by atoms with E-state index >= 15 is 0 Å². The Kier molecular flexibility index (Phi) is 7.11. The van der Waals surface area contributed by atoms with Crippen LogP contribution in [0.3, 0.4) is 0 Å². The van der Waals surface area contributed by atoms with E-state index in [1.54, 1.807) is 0 Å². The van der Waals surface area contributed by atoms with Gasteiger partial charge in [-0.15, -0.1) is 0 Å². The van der Waals surface area contributed by atoms with Crippen molar-refractivity contribution in [1.82, 2.24) is 5.32 Å². The first kappa shape index (κ1) is 20.8. The average Bonchev–Trinajstić information content (AvgIpc) is 2.59. The summed E-state index contributed by atoms with van der Waals surface area (Å²) in [7, 11) is 0. The molecule has 1 fully saturated rings. The van der Waals surface area contributed by atoms with Crippen molar-refractivity contribution in [2.75, 3.05) is 37.6 Å². The van der Waals surface area contributed by atoms with Gasteiger partial charge in [0.2, 0.25) is 0 Å². The van der Waals surface area contributed by atoms with Gasteiger partial charge in [0.1, 0.15) is 37.4 Å². The minimum absolute atomic E-state index is 0.0428. The van der Waals surface area contributed by atoms with Crippen LogP contribution in [0.2, 0.25) is 5.02 Å². The van der Waals surface area contributed by atoms with Crippen LogP contribution in [0, 0.1) is 0 Å². The molecule has 0 aliphatic carbocycles. The SMILES string of the molecule is CCC(CC)NC(=O)C[NH+]1CCN(c2[nH+]cc(C(F)(F)F)cc2Cl)CC1. The molecule has 1 aliphatic heterocycles. The first-order chi connectivity index (χ1) is 12.2. The van der Waals surface area contributed by atoms with Crippen molar-refractivity contribution in [2.24, 2.45) is 0 Å². The van der Waals surface area contributed by atoms with Crippen molar-refractivity contribution in [3.05, 3.63) is 22.8 Å². The molecule has 0 aromatic carbocycles. The number of alkyl halides is 3. The largest absolute Gasteiger partial charge is 0.419 e. The molecule has 0 unspecified atom stereocenters. The molecule has 1 aromatic heterocycles. The predicted octanol–water partition coefficient (Wildman–Crippen LogP) is 1.18. The molecule has 1 aliphatic rings. The van der Waals surface area contributed by atoms with Gasteiger partial charge in [-0.3, -0.25) is 4.79 Å². The van der Waals surface area contributed by atoms with E-state index in [1.165, 1.54) is 0 Å². The number of carbonyl (C=O) groups is 1. The zero-order chi connectivity index (χ0) is 19.3. The molecule has 5 nitrogen and oxygen atoms in total. The Balaban J connectivity index is 1.89. The lowest BCUT2D eigenvalue weighted by Gasteiger charge is -2.28. The number of aromatic amines is 1. The molecule has 2 rings (SSSR count). The fourth-order valence-electron chi connectivity index (χ4n) is 3.09. The Bertz CT molecular complexity index is 615. The number of hydrogen-bond acceptors (Lipinski definition) is 2. The second-order valence-electron chi connectivity index (χ2n) is 6.58. The quantitative estimate of drug-likeness (QED) is 0.761. The molecule has 146 valence electrons. The van der Waals surface area contributed by atoms with E-state index in [0.717, 1.165) is 43.1 Å². The van der Waals surface area contributed by atoms with Crippen molar-refractivity contribution < 1.29 is 27.8 Å². The number of halogens is 4. The van der Waals surface area contributed by atoms with Crippen molar-refractivity contribution in [2.45, 2.75) is 38.9 Å². The number of nitrogens with one attached hydrogen (secondary N) is 3. The van der Waals surface area contributed by atoms with Crippen LogP contribution in [0.5, 0.6) is 0 Å². The summed E-state index contributed by atoms with van der Waals surface area (Å²) < 4.78 is 38.2. The van der Waals surface area contributed by atoms with Gasteiger partial charge < -0.3 is 10.2 Å². The molecule has 2 heterocycles. The van der Waals surface area contributed by atoms with E-state index in [9.17, 15) is 18.0 Å². The van der Waals surface area contributed by atoms with Crippen molar-refractivity contribution in [1.29, 1.82) is 0 Å². The Morgan fingerprint density at radius 2 is 1.96 bits per heavy atom. The summed E-state index contributed by atoms with van der Waals surface area (Å²) in [6.07, 6.45) is -1.67. The third-order valence-corrected chi connectivity index (χ3v) is 5.04. The molecule has 9 heteroatoms. The number of hydrogen-bond donors (Lipinski definition) is 2. The maximum atomic E-state index is 12.7. The molecule has 1 saturated heterocycles. The summed E-state index contributed by atoms with van der Waals surface area (Å²) in [6.45, 7) is 7.19. The van der Waals surface area contributed by atoms with Crippen LogP contribution in [0.4, 0.5) is 19.0 Å². The lowest BCUT2D eigenvalue weighted by Crippen LogP contribution is -3.16. The fraction of sp³-hybridized carbons (Fsp3) is 0.647. The number of piperazine rings is 1. The first-order valence-corrected chi connectivity index (χ1v) is 9.28. The van der Waals surface area contributed by atoms with Gasteiger partial charge in [0.05, 0.1) is 5.56 Å². The van der Waals surface area contributed by atoms with Crippen molar-refractivity contribution in [3.8, 4) is 0 Å². The zero-order valence-corrected chi connectivity index (χ0v) is 15.8. The topological polar surface area (TPSA) is 50.9 Å². The molecule has 3 N–H and O–H groups in total. The molecular weight excluding hydrogens is 369 g/mol. The summed E-state index contributed by atoms with van der Waals surface area (Å²) in [5.41, 5.74) is -0.798. The van der Waals surface area contributed by atoms with Gasteiger partial charge >= 0.3 is 6.18 Å². The van der Waals surface area contributed by atoms with Gasteiger partial charge in [0.15, 0.2) is 6.54 Å². The molecule has 0 atom stereocenters. The monoisotopic (exact) mass is 394 g/mol. The van der Waals surface area contributed by atoms with Gasteiger partial charge in [0, 0.05) is 6.04 Å². The predicted molar refractivity (Wildman–Crippen MR) is 93.3 cm³/mol. The molecule has 0 bridgehead atoms. The summed E-state index contributed by atoms with van der Waals surface area (Å²) in [6, 6.07) is 1.15. The summed E-state index contributed by atoms with van der Waals surface area (Å²) in [4.78, 5) is 17.8. The molecule has 1 aromatic rings. The standard InChI is InChI=1S/C17H24ClF3N4O/c1-3-13(4-2)23-15(26)11-24-5-7-25(8-6-24)16-14(18)9-12(10-22-16)17(19,20)21/h9-10,13H,3-8,11H2,1-2H3,(H,23,26)/p+2. The van der Waals surface area contributed by atoms with Crippen LogP contribution in [-0.4, -0.2) is 44.7 Å². The highest BCUT2D eigenvalue weighted by molar-refractivity contribution is 6.32. The van der Waals surface area contributed by atoms with E-state index in [1.807, 2.05) is 18.7 Å². The Hall–Kier alpha value is -1.54. The van der Waals surface area contributed by atoms with E-state index in [-0.39, 0.29) is 17.0 Å². The van der Waals surface area contributed by atoms with Crippen LogP contribution in [0.1, 0.15) is 32.3 Å². The third kappa shape index (κ3) is 5.48. The van der Waals surface area contributed by atoms with Crippen molar-refractivity contribution >= 4 is 23.3 Å². The third-order valence-electron chi connectivity index (χ3n) is 4.75. The summed E-state index contributed by atoms with van der Waals surface area (Å²) in [5.74, 6) is 0.529. The number of nitrogens with zero attached hydrogens (tertiary/aromatic N) is 1. The highest BCUT2D eigenvalue weighted by Gasteiger charge is 2.35. The number of carbonyl (C=O) groups excluding carboxylic acids is 1. The Labute approximate surface area is 156 Å². The van der Waals surface area contributed by atoms with E-state index in [4.69, 9.17) is 11.6 Å². The van der Waals surface area contributed by atoms with Crippen LogP contribution >= 0.6 is 11.6 Å². The molecule has 26 heavy (non-hydrogen) atoms. The van der Waals surface area contributed by atoms with E-state index in [2.05, 4.69) is 10.3 Å². The molecular formula is C17H26ClF3N4O+2. The normalized spacial score (nSPS) is 16.2. The number of aromatic nitrogens is 1. The second kappa shape index (κ2) is 8.90. The zero-order valence-electron chi connectivity index (χ0n) is 15.0. The number of rotatable bonds is 6. The highest BCUT2D eigenvalue weighted by atomic mass is 35.5. The van der Waals surface area contributed by atoms with Gasteiger partial charge in [0.25, 0.3) is 11.7 Å². The average molecular weight is 395 g/mol. The number of quaternary nitrogens is 1. The van der Waals surface area contributed by atoms with Gasteiger partial charge in [-0.2, -0.15) is 13.2 Å². The fourth-order valence-corrected chi connectivity index (χ4v) is 3.38. The highest BCUT2D eigenvalue weighted by Crippen LogP contribution is 2.31. The number of anilines is 1. The minimum atomic E-state index is -4.43. The molecule has 0 spiro atoms. The van der Waals surface area contributed by atoms with Crippen LogP contribution < -0.4 is 20.1 Å². The number of pyridine rings is 1. The lowest BCUT2D eigenvalue weighted by molar-refractivity contribution is -0.892. The first-order valence-electron chi connectivity index (χ1n) is 8.90. The Morgan fingerprint density at radius 3 is 2.46 bits per heavy atom. The van der Waals surface area contributed by atoms with Crippen molar-refractivity contribution in [3.63, 3.8) is 0 Å². The lowest BCUT2D eigenvalue weighted by atomic mass is 10.2. The number of amides is 1. The maximum Gasteiger partial charge on any atom is 0.419 e. The van der Waals surface area contributed by atoms with E-state index in [0.29, 0.717) is 25.5 Å². The summed E-state index contributed by atoms with van der Waals surface area (Å²) >= 11 is 6.03. The smallest absolute Gasteiger partial charge is 0.349 e. The second-order valence-corrected chi connectivity index (χ2v) is 6.98. The number of H-pyrrole nitrogens is 1. The minimum Gasteiger partial charge on any atom is -0.349 e. The van der Waals surface area contributed by atoms with Gasteiger partial charge in [-0.25, -0.2) is 9.88 Å². The van der Waals surface area contributed by atoms with Crippen LogP contribution in [-0.2, 0) is 11.0 Å². The van der Waals surface area contributed by atoms with Crippen LogP contribution in [0.15, 0.2) is 12.3 Å². The van der Waals surface area contributed by atoms with E-state index < -0.39 is 11.7 Å². The molecule has 1 amide bonds. The molecule has 0 saturated carbocycles. The maximum absolute atomic E-state index is 12.7. The van der Waals surface area contributed by atoms with Gasteiger partial charge in [-0.05, 0) is 18.9 Å². The Morgan fingerprint density at radius 1 is 1.35 bits per heavy atom. The molecule has 0 radical (unpaired) electrons.